The van der Waals surface area contributed by atoms with Crippen LogP contribution in [0.15, 0.2) is 16.5 Å². The molecule has 0 aliphatic rings. The quantitative estimate of drug-likeness (QED) is 0.724. The Kier molecular flexibility index (Phi) is 3.91. The van der Waals surface area contributed by atoms with Crippen LogP contribution in [0.3, 0.4) is 0 Å². The lowest BCUT2D eigenvalue weighted by Crippen LogP contribution is -2.26. The lowest BCUT2D eigenvalue weighted by Gasteiger charge is -2.05. The maximum atomic E-state index is 11.8. The van der Waals surface area contributed by atoms with Gasteiger partial charge >= 0.3 is 5.97 Å². The summed E-state index contributed by atoms with van der Waals surface area (Å²) in [5.74, 6) is -1.43. The molecule has 7 nitrogen and oxygen atoms in total. The molecule has 1 rings (SSSR count). The van der Waals surface area contributed by atoms with Gasteiger partial charge in [0.15, 0.2) is 5.69 Å². The van der Waals surface area contributed by atoms with Gasteiger partial charge in [-0.05, 0) is 6.92 Å². The third-order valence-corrected chi connectivity index (χ3v) is 3.51. The number of sulfonamides is 1. The van der Waals surface area contributed by atoms with Crippen molar-refractivity contribution in [3.63, 3.8) is 0 Å². The molecule has 17 heavy (non-hydrogen) atoms. The third-order valence-electron chi connectivity index (χ3n) is 1.82. The maximum Gasteiger partial charge on any atom is 0.357 e. The van der Waals surface area contributed by atoms with Crippen LogP contribution in [0.4, 0.5) is 0 Å². The van der Waals surface area contributed by atoms with Crippen LogP contribution in [0.25, 0.3) is 0 Å². The van der Waals surface area contributed by atoms with Gasteiger partial charge in [-0.15, -0.1) is 0 Å². The minimum atomic E-state index is -3.99. The van der Waals surface area contributed by atoms with E-state index in [1.807, 2.05) is 0 Å². The van der Waals surface area contributed by atoms with E-state index in [1.54, 1.807) is 0 Å². The summed E-state index contributed by atoms with van der Waals surface area (Å²) in [6.07, 6.45) is 0. The number of H-pyrrole nitrogens is 1. The van der Waals surface area contributed by atoms with Gasteiger partial charge in [-0.25, -0.2) is 17.9 Å². The first-order valence-corrected chi connectivity index (χ1v) is 6.23. The number of aromatic carboxylic acids is 1. The SMILES string of the molecule is C=C(Cl)CNS(=O)(=O)c1c(C(=O)O)n[nH]c1C. The second kappa shape index (κ2) is 4.86. The number of nitrogens with zero attached hydrogens (tertiary/aromatic N) is 1. The van der Waals surface area contributed by atoms with E-state index in [0.29, 0.717) is 0 Å². The Labute approximate surface area is 103 Å². The molecule has 0 atom stereocenters. The first kappa shape index (κ1) is 13.7. The Balaban J connectivity index is 3.19. The number of aromatic amines is 1. The number of hydrogen-bond acceptors (Lipinski definition) is 4. The predicted molar refractivity (Wildman–Crippen MR) is 60.5 cm³/mol. The summed E-state index contributed by atoms with van der Waals surface area (Å²) >= 11 is 5.43. The molecule has 94 valence electrons. The number of nitrogens with one attached hydrogen (secondary N) is 2. The highest BCUT2D eigenvalue weighted by molar-refractivity contribution is 7.89. The fourth-order valence-electron chi connectivity index (χ4n) is 1.14. The smallest absolute Gasteiger partial charge is 0.357 e. The van der Waals surface area contributed by atoms with Crippen molar-refractivity contribution in [3.05, 3.63) is 23.0 Å². The molecular weight excluding hydrogens is 270 g/mol. The normalized spacial score (nSPS) is 11.4. The molecule has 0 aliphatic carbocycles. The van der Waals surface area contributed by atoms with Crippen molar-refractivity contribution in [1.82, 2.24) is 14.9 Å². The van der Waals surface area contributed by atoms with E-state index in [-0.39, 0.29) is 17.3 Å². The minimum absolute atomic E-state index is 0.0894. The van der Waals surface area contributed by atoms with E-state index in [9.17, 15) is 13.2 Å². The number of aryl methyl sites for hydroxylation is 1. The van der Waals surface area contributed by atoms with Gasteiger partial charge in [0, 0.05) is 11.6 Å². The molecule has 0 spiro atoms. The average molecular weight is 280 g/mol. The van der Waals surface area contributed by atoms with E-state index >= 15 is 0 Å². The molecule has 9 heteroatoms. The van der Waals surface area contributed by atoms with Crippen molar-refractivity contribution >= 4 is 27.6 Å². The molecule has 0 saturated carbocycles. The second-order valence-electron chi connectivity index (χ2n) is 3.17. The van der Waals surface area contributed by atoms with E-state index in [1.165, 1.54) is 6.92 Å². The van der Waals surface area contributed by atoms with Gasteiger partial charge in [0.05, 0.1) is 5.69 Å². The van der Waals surface area contributed by atoms with Crippen LogP contribution in [0.2, 0.25) is 0 Å². The summed E-state index contributed by atoms with van der Waals surface area (Å²) in [4.78, 5) is 10.4. The fraction of sp³-hybridized carbons (Fsp3) is 0.250. The van der Waals surface area contributed by atoms with Crippen LogP contribution in [0.1, 0.15) is 16.2 Å². The van der Waals surface area contributed by atoms with Crippen LogP contribution in [0.5, 0.6) is 0 Å². The predicted octanol–water partition coefficient (Wildman–Crippen LogP) is 0.447. The summed E-state index contributed by atoms with van der Waals surface area (Å²) in [7, 11) is -3.99. The molecule has 0 saturated heterocycles. The first-order chi connectivity index (χ1) is 7.75. The topological polar surface area (TPSA) is 112 Å². The number of carbonyl (C=O) groups is 1. The number of rotatable bonds is 5. The van der Waals surface area contributed by atoms with Gasteiger partial charge in [-0.1, -0.05) is 18.2 Å². The number of carboxylic acid groups (broad SMARTS) is 1. The highest BCUT2D eigenvalue weighted by atomic mass is 35.5. The molecule has 0 bridgehead atoms. The fourth-order valence-corrected chi connectivity index (χ4v) is 2.63. The highest BCUT2D eigenvalue weighted by Gasteiger charge is 2.27. The molecule has 1 aromatic rings. The lowest BCUT2D eigenvalue weighted by molar-refractivity contribution is 0.0686. The molecule has 0 unspecified atom stereocenters. The van der Waals surface area contributed by atoms with Gasteiger partial charge in [-0.3, -0.25) is 5.10 Å². The Morgan fingerprint density at radius 1 is 1.65 bits per heavy atom. The number of halogens is 1. The van der Waals surface area contributed by atoms with Crippen LogP contribution in [0, 0.1) is 6.92 Å². The van der Waals surface area contributed by atoms with Crippen LogP contribution in [-0.4, -0.2) is 36.2 Å². The summed E-state index contributed by atoms with van der Waals surface area (Å²) in [6.45, 7) is 4.54. The summed E-state index contributed by atoms with van der Waals surface area (Å²) in [6, 6.07) is 0. The standard InChI is InChI=1S/C8H10ClN3O4S/c1-4(9)3-10-17(15,16)7-5(2)11-12-6(7)8(13)14/h10H,1,3H2,2H3,(H,11,12)(H,13,14). The summed E-state index contributed by atoms with van der Waals surface area (Å²) in [5.41, 5.74) is -0.426. The Bertz CT molecular complexity index is 563. The molecule has 3 N–H and O–H groups in total. The molecule has 0 fully saturated rings. The Morgan fingerprint density at radius 3 is 2.71 bits per heavy atom. The maximum absolute atomic E-state index is 11.8. The van der Waals surface area contributed by atoms with Crippen molar-refractivity contribution in [1.29, 1.82) is 0 Å². The molecular formula is C8H10ClN3O4S. The molecule has 1 heterocycles. The van der Waals surface area contributed by atoms with E-state index < -0.39 is 26.6 Å². The number of carboxylic acids is 1. The zero-order chi connectivity index (χ0) is 13.2. The second-order valence-corrected chi connectivity index (χ2v) is 5.41. The summed E-state index contributed by atoms with van der Waals surface area (Å²) < 4.78 is 25.7. The minimum Gasteiger partial charge on any atom is -0.476 e. The van der Waals surface area contributed by atoms with Crippen LogP contribution in [-0.2, 0) is 10.0 Å². The van der Waals surface area contributed by atoms with Gasteiger partial charge in [0.25, 0.3) is 0 Å². The Morgan fingerprint density at radius 2 is 2.24 bits per heavy atom. The molecule has 0 aliphatic heterocycles. The summed E-state index contributed by atoms with van der Waals surface area (Å²) in [5, 5.41) is 14.6. The van der Waals surface area contributed by atoms with E-state index in [2.05, 4.69) is 21.5 Å². The van der Waals surface area contributed by atoms with Crippen molar-refractivity contribution in [3.8, 4) is 0 Å². The average Bonchev–Trinajstić information content (AvgIpc) is 2.58. The zero-order valence-electron chi connectivity index (χ0n) is 8.82. The Hall–Kier alpha value is -1.38. The van der Waals surface area contributed by atoms with Crippen LogP contribution >= 0.6 is 11.6 Å². The van der Waals surface area contributed by atoms with Gasteiger partial charge in [-0.2, -0.15) is 5.10 Å². The lowest BCUT2D eigenvalue weighted by atomic mass is 10.4. The van der Waals surface area contributed by atoms with Gasteiger partial charge < -0.3 is 5.11 Å². The van der Waals surface area contributed by atoms with Gasteiger partial charge in [0.2, 0.25) is 10.0 Å². The van der Waals surface area contributed by atoms with Crippen LogP contribution < -0.4 is 4.72 Å². The zero-order valence-corrected chi connectivity index (χ0v) is 10.4. The highest BCUT2D eigenvalue weighted by Crippen LogP contribution is 2.17. The van der Waals surface area contributed by atoms with E-state index in [0.717, 1.165) is 0 Å². The van der Waals surface area contributed by atoms with E-state index in [4.69, 9.17) is 16.7 Å². The van der Waals surface area contributed by atoms with Crippen molar-refractivity contribution in [2.75, 3.05) is 6.54 Å². The third kappa shape index (κ3) is 3.05. The first-order valence-electron chi connectivity index (χ1n) is 4.37. The molecule has 0 amide bonds. The van der Waals surface area contributed by atoms with Crippen molar-refractivity contribution in [2.24, 2.45) is 0 Å². The van der Waals surface area contributed by atoms with Crippen molar-refractivity contribution < 1.29 is 18.3 Å². The number of hydrogen-bond donors (Lipinski definition) is 3. The number of aromatic nitrogens is 2. The monoisotopic (exact) mass is 279 g/mol. The molecule has 0 radical (unpaired) electrons. The molecule has 0 aromatic carbocycles. The molecule has 1 aromatic heterocycles. The van der Waals surface area contributed by atoms with Gasteiger partial charge in [0.1, 0.15) is 4.90 Å². The van der Waals surface area contributed by atoms with Crippen molar-refractivity contribution in [2.45, 2.75) is 11.8 Å². The largest absolute Gasteiger partial charge is 0.476 e.